The summed E-state index contributed by atoms with van der Waals surface area (Å²) in [4.78, 5) is 13.5. The lowest BCUT2D eigenvalue weighted by Crippen LogP contribution is -2.31. The molecule has 0 unspecified atom stereocenters. The van der Waals surface area contributed by atoms with Crippen LogP contribution in [0.15, 0.2) is 9.98 Å². The van der Waals surface area contributed by atoms with E-state index in [9.17, 15) is 0 Å². The summed E-state index contributed by atoms with van der Waals surface area (Å²) in [5, 5.41) is 15.2. The predicted molar refractivity (Wildman–Crippen MR) is 79.6 cm³/mol. The van der Waals surface area contributed by atoms with Crippen LogP contribution in [0, 0.1) is 5.41 Å². The van der Waals surface area contributed by atoms with Crippen molar-refractivity contribution in [2.45, 2.75) is 33.6 Å². The van der Waals surface area contributed by atoms with Gasteiger partial charge in [0.25, 0.3) is 5.96 Å². The average molecular weight is 270 g/mol. The van der Waals surface area contributed by atoms with E-state index in [1.54, 1.807) is 7.05 Å². The first-order chi connectivity index (χ1) is 9.04. The van der Waals surface area contributed by atoms with Crippen LogP contribution in [0.2, 0.25) is 0 Å². The van der Waals surface area contributed by atoms with Gasteiger partial charge >= 0.3 is 0 Å². The summed E-state index contributed by atoms with van der Waals surface area (Å²) >= 11 is 0. The molecular weight excluding hydrogens is 244 g/mol. The molecule has 0 spiro atoms. The molecule has 0 aliphatic rings. The third-order valence-corrected chi connectivity index (χ3v) is 2.21. The number of nitrogens with zero attached hydrogens (tertiary/aromatic N) is 3. The van der Waals surface area contributed by atoms with Crippen molar-refractivity contribution >= 4 is 17.8 Å². The minimum atomic E-state index is 0.0767. The van der Waals surface area contributed by atoms with Crippen LogP contribution in [-0.2, 0) is 4.84 Å². The maximum atomic E-state index is 7.70. The second kappa shape index (κ2) is 10.3. The fourth-order valence-electron chi connectivity index (χ4n) is 1.13. The molecule has 0 amide bonds. The summed E-state index contributed by atoms with van der Waals surface area (Å²) in [5.74, 6) is 1.15. The Morgan fingerprint density at radius 2 is 1.74 bits per heavy atom. The van der Waals surface area contributed by atoms with Crippen LogP contribution in [0.5, 0.6) is 0 Å². The second-order valence-electron chi connectivity index (χ2n) is 3.99. The Hall–Kier alpha value is -1.63. The van der Waals surface area contributed by atoms with E-state index in [-0.39, 0.29) is 5.96 Å². The molecule has 0 aromatic carbocycles. The normalized spacial score (nSPS) is 12.3. The Morgan fingerprint density at radius 1 is 1.16 bits per heavy atom. The Balaban J connectivity index is 4.80. The molecule has 0 saturated heterocycles. The highest BCUT2D eigenvalue weighted by atomic mass is 16.7. The van der Waals surface area contributed by atoms with E-state index in [1.165, 1.54) is 12.2 Å². The number of guanidine groups is 2. The largest absolute Gasteiger partial charge is 0.374 e. The first kappa shape index (κ1) is 17.4. The van der Waals surface area contributed by atoms with Gasteiger partial charge in [0.05, 0.1) is 7.11 Å². The number of hydroxylamine groups is 2. The van der Waals surface area contributed by atoms with Crippen molar-refractivity contribution in [1.82, 2.24) is 15.7 Å². The van der Waals surface area contributed by atoms with Gasteiger partial charge in [-0.1, -0.05) is 13.8 Å². The molecule has 0 saturated carbocycles. The zero-order chi connectivity index (χ0) is 14.7. The lowest BCUT2D eigenvalue weighted by molar-refractivity contribution is -0.0427. The maximum Gasteiger partial charge on any atom is 0.254 e. The van der Waals surface area contributed by atoms with Crippen LogP contribution in [0.4, 0.5) is 0 Å². The predicted octanol–water partition coefficient (Wildman–Crippen LogP) is 1.19. The smallest absolute Gasteiger partial charge is 0.254 e. The fraction of sp³-hybridized carbons (Fsp3) is 0.750. The zero-order valence-electron chi connectivity index (χ0n) is 12.6. The summed E-state index contributed by atoms with van der Waals surface area (Å²) < 4.78 is 0. The highest BCUT2D eigenvalue weighted by molar-refractivity contribution is 5.99. The number of nitrogens with one attached hydrogen (secondary N) is 3. The first-order valence-corrected chi connectivity index (χ1v) is 6.53. The van der Waals surface area contributed by atoms with Crippen molar-refractivity contribution in [3.63, 3.8) is 0 Å². The Labute approximate surface area is 115 Å². The van der Waals surface area contributed by atoms with Gasteiger partial charge in [-0.3, -0.25) is 10.2 Å². The molecule has 0 bridgehead atoms. The zero-order valence-corrected chi connectivity index (χ0v) is 12.6. The average Bonchev–Trinajstić information content (AvgIpc) is 2.41. The lowest BCUT2D eigenvalue weighted by atomic mass is 10.5. The summed E-state index contributed by atoms with van der Waals surface area (Å²) in [6, 6.07) is 0. The molecule has 0 radical (unpaired) electrons. The number of rotatable bonds is 5. The summed E-state index contributed by atoms with van der Waals surface area (Å²) in [6.45, 7) is 7.54. The Bertz CT molecular complexity index is 326. The van der Waals surface area contributed by atoms with Crippen molar-refractivity contribution in [1.29, 1.82) is 5.41 Å². The van der Waals surface area contributed by atoms with Gasteiger partial charge in [0, 0.05) is 20.1 Å². The van der Waals surface area contributed by atoms with Gasteiger partial charge in [0.15, 0.2) is 0 Å². The van der Waals surface area contributed by atoms with E-state index in [0.717, 1.165) is 25.2 Å². The van der Waals surface area contributed by atoms with Crippen molar-refractivity contribution in [2.24, 2.45) is 9.98 Å². The minimum absolute atomic E-state index is 0.0767. The van der Waals surface area contributed by atoms with Crippen molar-refractivity contribution in [2.75, 3.05) is 27.2 Å². The van der Waals surface area contributed by atoms with Crippen LogP contribution in [0.3, 0.4) is 0 Å². The van der Waals surface area contributed by atoms with Crippen molar-refractivity contribution in [3.8, 4) is 0 Å². The van der Waals surface area contributed by atoms with E-state index < -0.39 is 0 Å². The number of hydrogen-bond acceptors (Lipinski definition) is 2. The molecule has 19 heavy (non-hydrogen) atoms. The van der Waals surface area contributed by atoms with Gasteiger partial charge in [-0.25, -0.2) is 5.06 Å². The van der Waals surface area contributed by atoms with Crippen LogP contribution < -0.4 is 10.6 Å². The fourth-order valence-corrected chi connectivity index (χ4v) is 1.13. The molecular formula is C12H26N6O. The molecule has 0 aromatic heterocycles. The van der Waals surface area contributed by atoms with E-state index >= 15 is 0 Å². The molecule has 0 aliphatic heterocycles. The van der Waals surface area contributed by atoms with E-state index in [1.807, 2.05) is 13.8 Å². The van der Waals surface area contributed by atoms with E-state index in [0.29, 0.717) is 12.5 Å². The Morgan fingerprint density at radius 3 is 2.26 bits per heavy atom. The van der Waals surface area contributed by atoms with E-state index in [4.69, 9.17) is 10.2 Å². The topological polar surface area (TPSA) is 85.1 Å². The third kappa shape index (κ3) is 8.15. The first-order valence-electron chi connectivity index (χ1n) is 6.53. The van der Waals surface area contributed by atoms with Gasteiger partial charge < -0.3 is 10.6 Å². The molecule has 0 heterocycles. The Kier molecular flexibility index (Phi) is 9.42. The van der Waals surface area contributed by atoms with Gasteiger partial charge in [-0.15, -0.1) is 0 Å². The molecule has 7 nitrogen and oxygen atoms in total. The van der Waals surface area contributed by atoms with Crippen molar-refractivity contribution in [3.05, 3.63) is 0 Å². The number of aliphatic imine (C=N–C) groups is 2. The van der Waals surface area contributed by atoms with Crippen LogP contribution in [0.25, 0.3) is 0 Å². The summed E-state index contributed by atoms with van der Waals surface area (Å²) in [7, 11) is 3.23. The van der Waals surface area contributed by atoms with Crippen LogP contribution in [-0.4, -0.2) is 50.1 Å². The molecule has 3 N–H and O–H groups in total. The number of hydrogen-bond donors (Lipinski definition) is 3. The van der Waals surface area contributed by atoms with Gasteiger partial charge in [-0.2, -0.15) is 9.98 Å². The van der Waals surface area contributed by atoms with Crippen molar-refractivity contribution < 1.29 is 4.84 Å². The van der Waals surface area contributed by atoms with Gasteiger partial charge in [0.2, 0.25) is 5.96 Å². The SMILES string of the molecule is CCCNC(=N)/N=C(\N=C(/C)NCCC)N(C)OC. The molecule has 7 heteroatoms. The molecule has 0 fully saturated rings. The lowest BCUT2D eigenvalue weighted by Gasteiger charge is -2.16. The highest BCUT2D eigenvalue weighted by Gasteiger charge is 2.06. The molecule has 0 atom stereocenters. The molecule has 0 aromatic rings. The molecule has 0 aliphatic carbocycles. The third-order valence-electron chi connectivity index (χ3n) is 2.21. The summed E-state index contributed by atoms with van der Waals surface area (Å²) in [6.07, 6.45) is 1.96. The van der Waals surface area contributed by atoms with E-state index in [2.05, 4.69) is 27.5 Å². The molecule has 0 rings (SSSR count). The maximum absolute atomic E-state index is 7.70. The highest BCUT2D eigenvalue weighted by Crippen LogP contribution is 1.92. The van der Waals surface area contributed by atoms with Crippen LogP contribution >= 0.6 is 0 Å². The summed E-state index contributed by atoms with van der Waals surface area (Å²) in [5.41, 5.74) is 0. The second-order valence-corrected chi connectivity index (χ2v) is 3.99. The molecule has 110 valence electrons. The van der Waals surface area contributed by atoms with Crippen LogP contribution in [0.1, 0.15) is 33.6 Å². The monoisotopic (exact) mass is 270 g/mol. The number of amidine groups is 1. The minimum Gasteiger partial charge on any atom is -0.374 e. The van der Waals surface area contributed by atoms with Gasteiger partial charge in [-0.05, 0) is 19.8 Å². The quantitative estimate of drug-likeness (QED) is 0.398. The standard InChI is InChI=1S/C12H26N6O/c1-6-8-14-10(3)16-12(18(4)19-5)17-11(13)15-9-7-2/h6-9H2,1-5H3,(H3,13,14,15,16,17). The van der Waals surface area contributed by atoms with Gasteiger partial charge in [0.1, 0.15) is 5.84 Å².